The summed E-state index contributed by atoms with van der Waals surface area (Å²) in [6.07, 6.45) is 6.61. The number of nitrogens with zero attached hydrogens (tertiary/aromatic N) is 3. The Morgan fingerprint density at radius 2 is 2.14 bits per heavy atom. The second kappa shape index (κ2) is 8.15. The van der Waals surface area contributed by atoms with Gasteiger partial charge in [-0.3, -0.25) is 9.48 Å². The monoisotopic (exact) mass is 378 g/mol. The van der Waals surface area contributed by atoms with Gasteiger partial charge in [-0.15, -0.1) is 12.4 Å². The summed E-state index contributed by atoms with van der Waals surface area (Å²) < 4.78 is 2.98. The van der Waals surface area contributed by atoms with Crippen molar-refractivity contribution in [1.29, 1.82) is 0 Å². The largest absolute Gasteiger partial charge is 0.341 e. The van der Waals surface area contributed by atoms with Gasteiger partial charge in [0.25, 0.3) is 0 Å². The van der Waals surface area contributed by atoms with Crippen LogP contribution in [0.5, 0.6) is 0 Å². The minimum atomic E-state index is -0.365. The molecule has 0 saturated carbocycles. The Kier molecular flexibility index (Phi) is 7.16. The lowest BCUT2D eigenvalue weighted by molar-refractivity contribution is -0.135. The zero-order chi connectivity index (χ0) is 14.7. The van der Waals surface area contributed by atoms with Gasteiger partial charge < -0.3 is 10.6 Å². The van der Waals surface area contributed by atoms with E-state index < -0.39 is 0 Å². The van der Waals surface area contributed by atoms with E-state index >= 15 is 0 Å². The molecule has 1 amide bonds. The zero-order valence-electron chi connectivity index (χ0n) is 12.5. The Labute approximate surface area is 140 Å². The van der Waals surface area contributed by atoms with E-state index in [1.807, 2.05) is 22.7 Å². The molecule has 2 N–H and O–H groups in total. The van der Waals surface area contributed by atoms with Crippen LogP contribution >= 0.6 is 28.3 Å². The molecule has 2 heterocycles. The summed E-state index contributed by atoms with van der Waals surface area (Å²) in [6.45, 7) is 5.65. The van der Waals surface area contributed by atoms with Crippen LogP contribution in [-0.2, 0) is 4.79 Å². The Bertz CT molecular complexity index is 460. The van der Waals surface area contributed by atoms with Crippen molar-refractivity contribution in [2.24, 2.45) is 11.7 Å². The van der Waals surface area contributed by atoms with Crippen molar-refractivity contribution in [1.82, 2.24) is 14.7 Å². The van der Waals surface area contributed by atoms with E-state index in [0.29, 0.717) is 6.04 Å². The highest BCUT2D eigenvalue weighted by atomic mass is 79.9. The van der Waals surface area contributed by atoms with Gasteiger partial charge in [-0.1, -0.05) is 20.3 Å². The fourth-order valence-corrected chi connectivity index (χ4v) is 2.87. The fourth-order valence-electron chi connectivity index (χ4n) is 2.57. The van der Waals surface area contributed by atoms with Gasteiger partial charge in [0.2, 0.25) is 5.91 Å². The van der Waals surface area contributed by atoms with Crippen molar-refractivity contribution < 1.29 is 4.79 Å². The van der Waals surface area contributed by atoms with E-state index in [-0.39, 0.29) is 30.3 Å². The third-order valence-electron chi connectivity index (χ3n) is 4.26. The van der Waals surface area contributed by atoms with E-state index in [4.69, 9.17) is 5.73 Å². The summed E-state index contributed by atoms with van der Waals surface area (Å²) in [5, 5.41) is 4.33. The summed E-state index contributed by atoms with van der Waals surface area (Å²) in [5.74, 6) is 0.335. The molecule has 0 radical (unpaired) electrons. The molecule has 0 spiro atoms. The van der Waals surface area contributed by atoms with E-state index in [1.54, 1.807) is 6.20 Å². The summed E-state index contributed by atoms with van der Waals surface area (Å²) in [5.41, 5.74) is 6.04. The fraction of sp³-hybridized carbons (Fsp3) is 0.714. The van der Waals surface area contributed by atoms with Gasteiger partial charge in [0.1, 0.15) is 0 Å². The third-order valence-corrected chi connectivity index (χ3v) is 4.67. The molecule has 1 aromatic heterocycles. The van der Waals surface area contributed by atoms with Crippen LogP contribution < -0.4 is 5.73 Å². The summed E-state index contributed by atoms with van der Waals surface area (Å²) in [6, 6.07) is 0.0144. The molecule has 0 aliphatic carbocycles. The molecule has 1 saturated heterocycles. The zero-order valence-corrected chi connectivity index (χ0v) is 14.9. The molecule has 1 aliphatic rings. The Morgan fingerprint density at radius 1 is 1.52 bits per heavy atom. The van der Waals surface area contributed by atoms with Gasteiger partial charge in [0.05, 0.1) is 22.8 Å². The number of nitrogens with two attached hydrogens (primary N) is 1. The maximum absolute atomic E-state index is 12.3. The molecule has 2 atom stereocenters. The molecule has 1 fully saturated rings. The lowest BCUT2D eigenvalue weighted by atomic mass is 9.97. The summed E-state index contributed by atoms with van der Waals surface area (Å²) >= 11 is 3.41. The standard InChI is InChI=1S/C14H23BrN4O.ClH/c1-3-10(2)13(16)14(20)18-6-4-12(5-7-18)19-9-11(15)8-17-19;/h8-10,12-13H,3-7,16H2,1-2H3;1H. The molecule has 0 bridgehead atoms. The van der Waals surface area contributed by atoms with Crippen molar-refractivity contribution >= 4 is 34.2 Å². The Morgan fingerprint density at radius 3 is 2.62 bits per heavy atom. The van der Waals surface area contributed by atoms with Crippen molar-refractivity contribution in [3.05, 3.63) is 16.9 Å². The number of carbonyl (C=O) groups is 1. The number of aromatic nitrogens is 2. The van der Waals surface area contributed by atoms with E-state index in [0.717, 1.165) is 36.8 Å². The van der Waals surface area contributed by atoms with Crippen molar-refractivity contribution in [3.8, 4) is 0 Å². The van der Waals surface area contributed by atoms with Crippen LogP contribution in [0.25, 0.3) is 0 Å². The number of hydrogen-bond acceptors (Lipinski definition) is 3. The number of piperidine rings is 1. The van der Waals surface area contributed by atoms with Crippen molar-refractivity contribution in [3.63, 3.8) is 0 Å². The molecular weight excluding hydrogens is 356 g/mol. The van der Waals surface area contributed by atoms with Crippen LogP contribution in [0.3, 0.4) is 0 Å². The third kappa shape index (κ3) is 4.44. The lowest BCUT2D eigenvalue weighted by Gasteiger charge is -2.34. The number of carbonyl (C=O) groups excluding carboxylic acids is 1. The second-order valence-electron chi connectivity index (χ2n) is 5.61. The molecule has 5 nitrogen and oxygen atoms in total. The molecule has 7 heteroatoms. The average molecular weight is 380 g/mol. The lowest BCUT2D eigenvalue weighted by Crippen LogP contribution is -2.49. The quantitative estimate of drug-likeness (QED) is 0.874. The highest BCUT2D eigenvalue weighted by Gasteiger charge is 2.29. The molecule has 2 rings (SSSR count). The first-order chi connectivity index (χ1) is 9.52. The van der Waals surface area contributed by atoms with E-state index in [2.05, 4.69) is 28.0 Å². The highest BCUT2D eigenvalue weighted by molar-refractivity contribution is 9.10. The predicted molar refractivity (Wildman–Crippen MR) is 89.5 cm³/mol. The molecule has 120 valence electrons. The minimum absolute atomic E-state index is 0. The van der Waals surface area contributed by atoms with Crippen molar-refractivity contribution in [2.45, 2.75) is 45.2 Å². The van der Waals surface area contributed by atoms with E-state index in [1.165, 1.54) is 0 Å². The predicted octanol–water partition coefficient (Wildman–Crippen LogP) is 2.60. The first kappa shape index (κ1) is 18.5. The van der Waals surface area contributed by atoms with E-state index in [9.17, 15) is 4.79 Å². The second-order valence-corrected chi connectivity index (χ2v) is 6.52. The number of rotatable bonds is 4. The highest BCUT2D eigenvalue weighted by Crippen LogP contribution is 2.24. The normalized spacial score (nSPS) is 19.0. The van der Waals surface area contributed by atoms with Crippen LogP contribution in [0.2, 0.25) is 0 Å². The first-order valence-electron chi connectivity index (χ1n) is 7.27. The summed E-state index contributed by atoms with van der Waals surface area (Å²) in [7, 11) is 0. The van der Waals surface area contributed by atoms with Gasteiger partial charge in [0.15, 0.2) is 0 Å². The summed E-state index contributed by atoms with van der Waals surface area (Å²) in [4.78, 5) is 14.2. The smallest absolute Gasteiger partial charge is 0.239 e. The van der Waals surface area contributed by atoms with Crippen LogP contribution in [0, 0.1) is 5.92 Å². The molecule has 0 aromatic carbocycles. The maximum Gasteiger partial charge on any atom is 0.239 e. The number of amides is 1. The Balaban J connectivity index is 0.00000220. The van der Waals surface area contributed by atoms with Gasteiger partial charge >= 0.3 is 0 Å². The van der Waals surface area contributed by atoms with Crippen LogP contribution in [0.1, 0.15) is 39.2 Å². The molecule has 21 heavy (non-hydrogen) atoms. The Hall–Kier alpha value is -0.590. The molecule has 2 unspecified atom stereocenters. The molecule has 1 aromatic rings. The van der Waals surface area contributed by atoms with Gasteiger partial charge in [0, 0.05) is 19.3 Å². The van der Waals surface area contributed by atoms with Gasteiger partial charge in [-0.25, -0.2) is 0 Å². The average Bonchev–Trinajstić information content (AvgIpc) is 2.91. The van der Waals surface area contributed by atoms with Gasteiger partial charge in [-0.2, -0.15) is 5.10 Å². The van der Waals surface area contributed by atoms with Crippen LogP contribution in [0.4, 0.5) is 0 Å². The first-order valence-corrected chi connectivity index (χ1v) is 8.06. The van der Waals surface area contributed by atoms with Gasteiger partial charge in [-0.05, 0) is 34.7 Å². The number of hydrogen-bond donors (Lipinski definition) is 1. The van der Waals surface area contributed by atoms with Crippen molar-refractivity contribution in [2.75, 3.05) is 13.1 Å². The molecular formula is C14H24BrClN4O. The number of halogens is 2. The number of likely N-dealkylation sites (tertiary alicyclic amines) is 1. The SMILES string of the molecule is CCC(C)C(N)C(=O)N1CCC(n2cc(Br)cn2)CC1.Cl. The topological polar surface area (TPSA) is 64.2 Å². The minimum Gasteiger partial charge on any atom is -0.341 e. The molecule has 1 aliphatic heterocycles. The van der Waals surface area contributed by atoms with Crippen LogP contribution in [0.15, 0.2) is 16.9 Å². The maximum atomic E-state index is 12.3. The van der Waals surface area contributed by atoms with Crippen LogP contribution in [-0.4, -0.2) is 39.7 Å².